The second kappa shape index (κ2) is 22.8. The van der Waals surface area contributed by atoms with Crippen LogP contribution >= 0.6 is 0 Å². The number of hydrogen-bond acceptors (Lipinski definition) is 6. The van der Waals surface area contributed by atoms with Crippen molar-refractivity contribution in [1.29, 1.82) is 0 Å². The highest BCUT2D eigenvalue weighted by atomic mass is 28.4. The molecule has 0 N–H and O–H groups in total. The number of carbonyl (C=O) groups is 1. The van der Waals surface area contributed by atoms with Gasteiger partial charge in [0.25, 0.3) is 0 Å². The van der Waals surface area contributed by atoms with Crippen LogP contribution in [-0.2, 0) is 22.8 Å². The molecule has 0 heterocycles. The minimum Gasteiger partial charge on any atom is -0.493 e. The summed E-state index contributed by atoms with van der Waals surface area (Å²) in [7, 11) is -2.55. The van der Waals surface area contributed by atoms with Gasteiger partial charge in [-0.15, -0.1) is 0 Å². The highest BCUT2D eigenvalue weighted by Crippen LogP contribution is 2.32. The second-order valence-electron chi connectivity index (χ2n) is 11.6. The monoisotopic (exact) mass is 604 g/mol. The molecule has 0 aliphatic heterocycles. The molecule has 1 saturated carbocycles. The Morgan fingerprint density at radius 1 is 0.762 bits per heavy atom. The molecule has 240 valence electrons. The standard InChI is InChI=1S/C35H60O6Si/c1-5-9-10-11-14-17-31-18-20-33(21-19-31)30-38-34-25-22-32(23-26-34)24-27-35(36)37-28-15-12-13-16-29-42(39-6-2,40-7-3)41-8-4/h22-27,31,33H,5-21,28-30H2,1-4H3/b27-24+. The summed E-state index contributed by atoms with van der Waals surface area (Å²) in [5, 5.41) is 0. The summed E-state index contributed by atoms with van der Waals surface area (Å²) < 4.78 is 29.2. The van der Waals surface area contributed by atoms with Crippen molar-refractivity contribution in [3.8, 4) is 5.75 Å². The van der Waals surface area contributed by atoms with E-state index in [-0.39, 0.29) is 5.97 Å². The fraction of sp³-hybridized carbons (Fsp3) is 0.743. The molecule has 0 bridgehead atoms. The summed E-state index contributed by atoms with van der Waals surface area (Å²) >= 11 is 0. The molecule has 1 aromatic carbocycles. The lowest BCUT2D eigenvalue weighted by Crippen LogP contribution is -2.45. The van der Waals surface area contributed by atoms with Crippen molar-refractivity contribution >= 4 is 20.8 Å². The van der Waals surface area contributed by atoms with E-state index in [9.17, 15) is 4.79 Å². The predicted molar refractivity (Wildman–Crippen MR) is 175 cm³/mol. The van der Waals surface area contributed by atoms with Gasteiger partial charge in [-0.25, -0.2) is 4.79 Å². The van der Waals surface area contributed by atoms with Gasteiger partial charge in [0.15, 0.2) is 0 Å². The van der Waals surface area contributed by atoms with Gasteiger partial charge in [-0.3, -0.25) is 0 Å². The minimum atomic E-state index is -2.55. The van der Waals surface area contributed by atoms with Crippen molar-refractivity contribution in [2.24, 2.45) is 11.8 Å². The van der Waals surface area contributed by atoms with Crippen LogP contribution in [0, 0.1) is 11.8 Å². The number of ether oxygens (including phenoxy) is 2. The SMILES string of the molecule is CCCCCCCC1CCC(COc2ccc(/C=C/C(=O)OCCCCCC[Si](OCC)(OCC)OCC)cc2)CC1. The molecule has 1 aromatic rings. The summed E-state index contributed by atoms with van der Waals surface area (Å²) in [6, 6.07) is 8.80. The number of esters is 1. The van der Waals surface area contributed by atoms with Crippen LogP contribution in [-0.4, -0.2) is 47.8 Å². The van der Waals surface area contributed by atoms with Gasteiger partial charge in [-0.2, -0.15) is 0 Å². The Morgan fingerprint density at radius 3 is 2.00 bits per heavy atom. The zero-order valence-corrected chi connectivity index (χ0v) is 28.2. The molecular formula is C35H60O6Si. The smallest absolute Gasteiger partial charge is 0.493 e. The van der Waals surface area contributed by atoms with Crippen LogP contribution in [0.25, 0.3) is 6.08 Å². The van der Waals surface area contributed by atoms with Crippen LogP contribution in [0.5, 0.6) is 5.75 Å². The van der Waals surface area contributed by atoms with Crippen LogP contribution in [0.15, 0.2) is 30.3 Å². The zero-order valence-electron chi connectivity index (χ0n) is 27.2. The van der Waals surface area contributed by atoms with Crippen molar-refractivity contribution in [3.05, 3.63) is 35.9 Å². The summed E-state index contributed by atoms with van der Waals surface area (Å²) in [5.74, 6) is 2.20. The third-order valence-corrected chi connectivity index (χ3v) is 11.3. The predicted octanol–water partition coefficient (Wildman–Crippen LogP) is 9.40. The first-order chi connectivity index (χ1) is 20.5. The first-order valence-corrected chi connectivity index (χ1v) is 19.0. The van der Waals surface area contributed by atoms with E-state index < -0.39 is 8.80 Å². The van der Waals surface area contributed by atoms with Crippen LogP contribution in [0.4, 0.5) is 0 Å². The van der Waals surface area contributed by atoms with Crippen molar-refractivity contribution in [3.63, 3.8) is 0 Å². The van der Waals surface area contributed by atoms with Crippen molar-refractivity contribution in [1.82, 2.24) is 0 Å². The largest absolute Gasteiger partial charge is 0.500 e. The maximum atomic E-state index is 12.1. The Labute approximate surface area is 258 Å². The molecule has 6 nitrogen and oxygen atoms in total. The van der Waals surface area contributed by atoms with Gasteiger partial charge in [0.05, 0.1) is 13.2 Å². The van der Waals surface area contributed by atoms with Crippen LogP contribution in [0.2, 0.25) is 6.04 Å². The Balaban J connectivity index is 1.56. The van der Waals surface area contributed by atoms with Gasteiger partial charge < -0.3 is 22.8 Å². The van der Waals surface area contributed by atoms with Gasteiger partial charge >= 0.3 is 14.8 Å². The van der Waals surface area contributed by atoms with E-state index in [2.05, 4.69) is 6.92 Å². The molecule has 1 aliphatic carbocycles. The maximum Gasteiger partial charge on any atom is 0.500 e. The summed E-state index contributed by atoms with van der Waals surface area (Å²) in [6.07, 6.45) is 20.8. The maximum absolute atomic E-state index is 12.1. The lowest BCUT2D eigenvalue weighted by Gasteiger charge is -2.28. The molecule has 0 atom stereocenters. The molecule has 0 radical (unpaired) electrons. The summed E-state index contributed by atoms with van der Waals surface area (Å²) in [4.78, 5) is 12.1. The summed E-state index contributed by atoms with van der Waals surface area (Å²) in [5.41, 5.74) is 0.962. The van der Waals surface area contributed by atoms with E-state index in [0.717, 1.165) is 55.6 Å². The molecule has 0 aromatic heterocycles. The van der Waals surface area contributed by atoms with Crippen molar-refractivity contribution < 1.29 is 27.5 Å². The third-order valence-electron chi connectivity index (χ3n) is 8.17. The first kappa shape index (κ1) is 36.5. The van der Waals surface area contributed by atoms with E-state index in [1.54, 1.807) is 6.08 Å². The van der Waals surface area contributed by atoms with Gasteiger partial charge in [0, 0.05) is 31.9 Å². The average Bonchev–Trinajstić information content (AvgIpc) is 3.00. The van der Waals surface area contributed by atoms with Gasteiger partial charge in [-0.1, -0.05) is 83.3 Å². The van der Waals surface area contributed by atoms with Gasteiger partial charge in [-0.05, 0) is 82.1 Å². The number of benzene rings is 1. The molecule has 1 aliphatic rings. The molecule has 0 unspecified atom stereocenters. The quantitative estimate of drug-likeness (QED) is 0.0507. The average molecular weight is 605 g/mol. The molecule has 2 rings (SSSR count). The van der Waals surface area contributed by atoms with Crippen molar-refractivity contribution in [2.45, 2.75) is 124 Å². The number of rotatable bonds is 24. The number of carbonyl (C=O) groups excluding carboxylic acids is 1. The Bertz CT molecular complexity index is 817. The minimum absolute atomic E-state index is 0.303. The first-order valence-electron chi connectivity index (χ1n) is 17.0. The van der Waals surface area contributed by atoms with Crippen LogP contribution in [0.1, 0.15) is 123 Å². The molecule has 0 saturated heterocycles. The third kappa shape index (κ3) is 15.7. The molecule has 0 amide bonds. The van der Waals surface area contributed by atoms with E-state index in [1.807, 2.05) is 45.0 Å². The number of hydrogen-bond donors (Lipinski definition) is 0. The fourth-order valence-corrected chi connectivity index (χ4v) is 8.48. The normalized spacial score (nSPS) is 17.5. The highest BCUT2D eigenvalue weighted by Gasteiger charge is 2.39. The van der Waals surface area contributed by atoms with Crippen molar-refractivity contribution in [2.75, 3.05) is 33.0 Å². The zero-order chi connectivity index (χ0) is 30.3. The Hall–Kier alpha value is -1.67. The molecule has 42 heavy (non-hydrogen) atoms. The molecule has 7 heteroatoms. The molecular weight excluding hydrogens is 544 g/mol. The van der Waals surface area contributed by atoms with E-state index in [0.29, 0.717) is 32.3 Å². The van der Waals surface area contributed by atoms with E-state index in [4.69, 9.17) is 22.8 Å². The van der Waals surface area contributed by atoms with E-state index in [1.165, 1.54) is 70.3 Å². The lowest BCUT2D eigenvalue weighted by atomic mass is 9.80. The lowest BCUT2D eigenvalue weighted by molar-refractivity contribution is -0.137. The second-order valence-corrected chi connectivity index (χ2v) is 14.3. The topological polar surface area (TPSA) is 63.2 Å². The molecule has 0 spiro atoms. The Morgan fingerprint density at radius 2 is 1.36 bits per heavy atom. The van der Waals surface area contributed by atoms with E-state index >= 15 is 0 Å². The van der Waals surface area contributed by atoms with Gasteiger partial charge in [0.1, 0.15) is 5.75 Å². The summed E-state index contributed by atoms with van der Waals surface area (Å²) in [6.45, 7) is 11.3. The fourth-order valence-electron chi connectivity index (χ4n) is 5.80. The Kier molecular flexibility index (Phi) is 19.8. The van der Waals surface area contributed by atoms with Crippen LogP contribution < -0.4 is 4.74 Å². The highest BCUT2D eigenvalue weighted by molar-refractivity contribution is 6.60. The van der Waals surface area contributed by atoms with Gasteiger partial charge in [0.2, 0.25) is 0 Å². The molecule has 1 fully saturated rings. The number of unbranched alkanes of at least 4 members (excludes halogenated alkanes) is 7. The van der Waals surface area contributed by atoms with Crippen LogP contribution in [0.3, 0.4) is 0 Å².